The first-order chi connectivity index (χ1) is 11.4. The monoisotopic (exact) mass is 354 g/mol. The minimum atomic E-state index is -3.51. The first kappa shape index (κ1) is 17.7. The van der Waals surface area contributed by atoms with Gasteiger partial charge in [0.1, 0.15) is 5.75 Å². The van der Waals surface area contributed by atoms with Gasteiger partial charge in [-0.05, 0) is 36.6 Å². The highest BCUT2D eigenvalue weighted by Crippen LogP contribution is 2.27. The van der Waals surface area contributed by atoms with E-state index in [1.54, 1.807) is 31.4 Å². The molecule has 0 spiro atoms. The Morgan fingerprint density at radius 3 is 2.58 bits per heavy atom. The van der Waals surface area contributed by atoms with E-state index in [4.69, 9.17) is 9.47 Å². The van der Waals surface area contributed by atoms with Crippen molar-refractivity contribution in [2.24, 2.45) is 5.92 Å². The van der Waals surface area contributed by atoms with Crippen molar-refractivity contribution in [1.82, 2.24) is 9.62 Å². The second-order valence-electron chi connectivity index (χ2n) is 6.95. The van der Waals surface area contributed by atoms with Crippen molar-refractivity contribution < 1.29 is 17.9 Å². The Hall–Kier alpha value is -1.15. The summed E-state index contributed by atoms with van der Waals surface area (Å²) in [6, 6.07) is 6.70. The van der Waals surface area contributed by atoms with Crippen LogP contribution < -0.4 is 9.46 Å². The smallest absolute Gasteiger partial charge is 0.240 e. The van der Waals surface area contributed by atoms with Crippen LogP contribution in [-0.2, 0) is 14.8 Å². The molecule has 6 nitrogen and oxygen atoms in total. The van der Waals surface area contributed by atoms with Gasteiger partial charge in [-0.2, -0.15) is 0 Å². The molecule has 2 saturated heterocycles. The number of methoxy groups -OCH3 is 1. The average molecular weight is 354 g/mol. The van der Waals surface area contributed by atoms with Crippen LogP contribution in [0.25, 0.3) is 0 Å². The predicted molar refractivity (Wildman–Crippen MR) is 91.7 cm³/mol. The van der Waals surface area contributed by atoms with Crippen LogP contribution in [0.15, 0.2) is 29.2 Å². The molecule has 0 amide bonds. The van der Waals surface area contributed by atoms with Gasteiger partial charge in [0.25, 0.3) is 0 Å². The summed E-state index contributed by atoms with van der Waals surface area (Å²) < 4.78 is 39.0. The zero-order valence-electron chi connectivity index (χ0n) is 14.4. The molecular formula is C17H26N2O4S. The highest BCUT2D eigenvalue weighted by molar-refractivity contribution is 7.89. The lowest BCUT2D eigenvalue weighted by molar-refractivity contribution is -0.0683. The Bertz CT molecular complexity index is 660. The minimum absolute atomic E-state index is 0.0726. The summed E-state index contributed by atoms with van der Waals surface area (Å²) in [7, 11) is -1.96. The maximum atomic E-state index is 12.6. The summed E-state index contributed by atoms with van der Waals surface area (Å²) in [5, 5.41) is 0. The first-order valence-corrected chi connectivity index (χ1v) is 9.89. The lowest BCUT2D eigenvalue weighted by Crippen LogP contribution is -2.48. The van der Waals surface area contributed by atoms with E-state index in [0.717, 1.165) is 19.5 Å². The Morgan fingerprint density at radius 1 is 1.25 bits per heavy atom. The molecule has 1 aromatic rings. The third kappa shape index (κ3) is 3.74. The molecule has 7 heteroatoms. The van der Waals surface area contributed by atoms with E-state index in [0.29, 0.717) is 24.3 Å². The molecule has 0 aliphatic carbocycles. The van der Waals surface area contributed by atoms with Gasteiger partial charge in [-0.15, -0.1) is 0 Å². The van der Waals surface area contributed by atoms with Crippen LogP contribution in [0.2, 0.25) is 0 Å². The van der Waals surface area contributed by atoms with E-state index >= 15 is 0 Å². The molecule has 0 bridgehead atoms. The molecule has 0 unspecified atom stereocenters. The highest BCUT2D eigenvalue weighted by atomic mass is 32.2. The fraction of sp³-hybridized carbons (Fsp3) is 0.647. The number of hydrogen-bond donors (Lipinski definition) is 1. The van der Waals surface area contributed by atoms with Crippen LogP contribution in [0.3, 0.4) is 0 Å². The second-order valence-corrected chi connectivity index (χ2v) is 8.67. The number of rotatable bonds is 5. The number of ether oxygens (including phenoxy) is 2. The van der Waals surface area contributed by atoms with Gasteiger partial charge in [-0.1, -0.05) is 13.8 Å². The third-order valence-corrected chi connectivity index (χ3v) is 6.42. The number of fused-ring (bicyclic) bond motifs is 1. The molecule has 2 aliphatic heterocycles. The minimum Gasteiger partial charge on any atom is -0.497 e. The molecular weight excluding hydrogens is 328 g/mol. The van der Waals surface area contributed by atoms with Gasteiger partial charge >= 0.3 is 0 Å². The fourth-order valence-corrected chi connectivity index (χ4v) is 4.67. The fourth-order valence-electron chi connectivity index (χ4n) is 3.43. The summed E-state index contributed by atoms with van der Waals surface area (Å²) >= 11 is 0. The van der Waals surface area contributed by atoms with Gasteiger partial charge in [0.15, 0.2) is 0 Å². The molecule has 2 aliphatic rings. The van der Waals surface area contributed by atoms with Crippen LogP contribution >= 0.6 is 0 Å². The molecule has 1 N–H and O–H groups in total. The molecule has 0 aromatic heterocycles. The van der Waals surface area contributed by atoms with Crippen molar-refractivity contribution in [1.29, 1.82) is 0 Å². The number of nitrogens with one attached hydrogen (secondary N) is 1. The average Bonchev–Trinajstić information content (AvgIpc) is 2.95. The largest absolute Gasteiger partial charge is 0.497 e. The van der Waals surface area contributed by atoms with Gasteiger partial charge in [0, 0.05) is 25.2 Å². The van der Waals surface area contributed by atoms with E-state index in [1.165, 1.54) is 0 Å². The normalized spacial score (nSPS) is 28.1. The van der Waals surface area contributed by atoms with E-state index in [1.807, 2.05) is 0 Å². The van der Waals surface area contributed by atoms with E-state index in [9.17, 15) is 8.42 Å². The summed E-state index contributed by atoms with van der Waals surface area (Å²) in [4.78, 5) is 2.62. The van der Waals surface area contributed by atoms with Crippen molar-refractivity contribution in [2.75, 3.05) is 26.8 Å². The maximum absolute atomic E-state index is 12.6. The lowest BCUT2D eigenvalue weighted by atomic mass is 10.0. The van der Waals surface area contributed by atoms with Gasteiger partial charge < -0.3 is 9.47 Å². The Labute approximate surface area is 144 Å². The lowest BCUT2D eigenvalue weighted by Gasteiger charge is -2.36. The number of sulfonamides is 1. The molecule has 3 atom stereocenters. The standard InChI is InChI=1S/C17H26N2O4S/c1-12(2)17-10-19-9-13(8-14(19)11-23-17)18-24(20,21)16-6-4-15(22-3)5-7-16/h4-7,12-14,17-18H,8-11H2,1-3H3/t13-,14+,17-/m1/s1. The Kier molecular flexibility index (Phi) is 5.15. The van der Waals surface area contributed by atoms with Crippen molar-refractivity contribution in [3.05, 3.63) is 24.3 Å². The van der Waals surface area contributed by atoms with Gasteiger partial charge in [-0.3, -0.25) is 4.90 Å². The summed E-state index contributed by atoms with van der Waals surface area (Å²) in [6.45, 7) is 6.62. The van der Waals surface area contributed by atoms with E-state index in [2.05, 4.69) is 23.5 Å². The predicted octanol–water partition coefficient (Wildman–Crippen LogP) is 1.47. The number of hydrogen-bond acceptors (Lipinski definition) is 5. The quantitative estimate of drug-likeness (QED) is 0.867. The SMILES string of the molecule is COc1ccc(S(=O)(=O)N[C@@H]2C[C@H]3CO[C@@H](C(C)C)CN3C2)cc1. The summed E-state index contributed by atoms with van der Waals surface area (Å²) in [5.41, 5.74) is 0. The third-order valence-electron chi connectivity index (χ3n) is 4.88. The van der Waals surface area contributed by atoms with Gasteiger partial charge in [-0.25, -0.2) is 13.1 Å². The van der Waals surface area contributed by atoms with Crippen LogP contribution in [-0.4, -0.2) is 58.3 Å². The highest BCUT2D eigenvalue weighted by Gasteiger charge is 2.39. The molecule has 0 saturated carbocycles. The molecule has 1 aromatic carbocycles. The molecule has 134 valence electrons. The molecule has 3 rings (SSSR count). The van der Waals surface area contributed by atoms with E-state index < -0.39 is 10.0 Å². The van der Waals surface area contributed by atoms with Crippen molar-refractivity contribution in [2.45, 2.75) is 43.4 Å². The zero-order valence-corrected chi connectivity index (χ0v) is 15.3. The van der Waals surface area contributed by atoms with Crippen LogP contribution in [0.5, 0.6) is 5.75 Å². The van der Waals surface area contributed by atoms with Crippen LogP contribution in [0.4, 0.5) is 0 Å². The number of benzene rings is 1. The van der Waals surface area contributed by atoms with Gasteiger partial charge in [0.2, 0.25) is 10.0 Å². The zero-order chi connectivity index (χ0) is 17.3. The molecule has 24 heavy (non-hydrogen) atoms. The number of morpholine rings is 1. The van der Waals surface area contributed by atoms with E-state index in [-0.39, 0.29) is 17.0 Å². The topological polar surface area (TPSA) is 67.9 Å². The molecule has 2 fully saturated rings. The number of nitrogens with zero attached hydrogens (tertiary/aromatic N) is 1. The van der Waals surface area contributed by atoms with Gasteiger partial charge in [0.05, 0.1) is 24.7 Å². The van der Waals surface area contributed by atoms with Crippen LogP contribution in [0.1, 0.15) is 20.3 Å². The second kappa shape index (κ2) is 7.00. The first-order valence-electron chi connectivity index (χ1n) is 8.41. The van der Waals surface area contributed by atoms with Crippen LogP contribution in [0, 0.1) is 5.92 Å². The Balaban J connectivity index is 1.64. The van der Waals surface area contributed by atoms with Crippen molar-refractivity contribution >= 4 is 10.0 Å². The summed E-state index contributed by atoms with van der Waals surface area (Å²) in [5.74, 6) is 1.12. The van der Waals surface area contributed by atoms with Crippen molar-refractivity contribution in [3.63, 3.8) is 0 Å². The van der Waals surface area contributed by atoms with Crippen molar-refractivity contribution in [3.8, 4) is 5.75 Å². The molecule has 2 heterocycles. The maximum Gasteiger partial charge on any atom is 0.240 e. The Morgan fingerprint density at radius 2 is 1.96 bits per heavy atom. The molecule has 0 radical (unpaired) electrons. The summed E-state index contributed by atoms with van der Waals surface area (Å²) in [6.07, 6.45) is 1.03.